The molecular formula is C24H28ClN3O3S. The van der Waals surface area contributed by atoms with Crippen LogP contribution in [0.3, 0.4) is 0 Å². The standard InChI is InChI=1S/C21H23N3O3S.C3H5Cl/c1-5-13(2)19-9-16-20(28-19)21(25)24(12-22-16)14-6-7-17-18(8-14)26-11-15(27-17)10-23(3)4;1-2-3-4/h5-9,12,15H,10-11H2,1-4H3;2H,1,3H2/b13-5+;. The summed E-state index contributed by atoms with van der Waals surface area (Å²) in [6.07, 6.45) is 5.25. The van der Waals surface area contributed by atoms with Crippen molar-refractivity contribution in [2.45, 2.75) is 20.0 Å². The minimum absolute atomic E-state index is 0.00603. The predicted octanol–water partition coefficient (Wildman–Crippen LogP) is 4.98. The Labute approximate surface area is 197 Å². The molecule has 0 radical (unpaired) electrons. The molecule has 8 heteroatoms. The van der Waals surface area contributed by atoms with Crippen LogP contribution in [-0.4, -0.2) is 53.7 Å². The summed E-state index contributed by atoms with van der Waals surface area (Å²) in [5, 5.41) is 0. The summed E-state index contributed by atoms with van der Waals surface area (Å²) >= 11 is 6.54. The number of likely N-dealkylation sites (N-methyl/N-ethyl adjacent to an activating group) is 1. The van der Waals surface area contributed by atoms with E-state index in [1.807, 2.05) is 58.3 Å². The van der Waals surface area contributed by atoms with Gasteiger partial charge < -0.3 is 14.4 Å². The first kappa shape index (κ1) is 24.0. The van der Waals surface area contributed by atoms with Crippen LogP contribution in [0.2, 0.25) is 0 Å². The Kier molecular flexibility index (Phi) is 8.12. The van der Waals surface area contributed by atoms with Crippen LogP contribution in [-0.2, 0) is 0 Å². The van der Waals surface area contributed by atoms with Gasteiger partial charge in [0.05, 0.1) is 11.2 Å². The largest absolute Gasteiger partial charge is 0.486 e. The molecule has 0 saturated heterocycles. The molecule has 0 spiro atoms. The molecule has 0 N–H and O–H groups in total. The van der Waals surface area contributed by atoms with Crippen LogP contribution in [0, 0.1) is 0 Å². The van der Waals surface area contributed by atoms with Gasteiger partial charge in [0, 0.05) is 23.4 Å². The van der Waals surface area contributed by atoms with Crippen molar-refractivity contribution in [2.75, 3.05) is 33.1 Å². The fourth-order valence-electron chi connectivity index (χ4n) is 3.18. The summed E-state index contributed by atoms with van der Waals surface area (Å²) in [6, 6.07) is 7.52. The van der Waals surface area contributed by atoms with Crippen LogP contribution in [0.4, 0.5) is 0 Å². The maximum atomic E-state index is 13.0. The fourth-order valence-corrected chi connectivity index (χ4v) is 4.25. The molecule has 6 nitrogen and oxygen atoms in total. The smallest absolute Gasteiger partial charge is 0.275 e. The fraction of sp³-hybridized carbons (Fsp3) is 0.333. The number of halogens is 1. The van der Waals surface area contributed by atoms with Crippen LogP contribution in [0.25, 0.3) is 21.5 Å². The second-order valence-corrected chi connectivity index (χ2v) is 8.96. The number of allylic oxidation sites excluding steroid dienone is 3. The molecule has 1 aliphatic rings. The molecule has 2 aromatic heterocycles. The van der Waals surface area contributed by atoms with E-state index in [1.54, 1.807) is 17.0 Å². The average molecular weight is 474 g/mol. The number of rotatable bonds is 5. The van der Waals surface area contributed by atoms with Crippen LogP contribution in [0.5, 0.6) is 11.5 Å². The van der Waals surface area contributed by atoms with Crippen molar-refractivity contribution in [3.05, 3.63) is 64.6 Å². The molecule has 1 atom stereocenters. The van der Waals surface area contributed by atoms with Gasteiger partial charge in [-0.05, 0) is 51.7 Å². The zero-order chi connectivity index (χ0) is 23.3. The lowest BCUT2D eigenvalue weighted by Gasteiger charge is -2.28. The summed E-state index contributed by atoms with van der Waals surface area (Å²) in [5.41, 5.74) is 2.50. The van der Waals surface area contributed by atoms with E-state index in [4.69, 9.17) is 21.1 Å². The van der Waals surface area contributed by atoms with E-state index >= 15 is 0 Å². The van der Waals surface area contributed by atoms with Crippen molar-refractivity contribution in [3.63, 3.8) is 0 Å². The Morgan fingerprint density at radius 2 is 2.12 bits per heavy atom. The number of fused-ring (bicyclic) bond motifs is 2. The first-order chi connectivity index (χ1) is 15.4. The Morgan fingerprint density at radius 3 is 2.78 bits per heavy atom. The second-order valence-electron chi connectivity index (χ2n) is 7.60. The highest BCUT2D eigenvalue weighted by molar-refractivity contribution is 7.19. The number of nitrogens with zero attached hydrogens (tertiary/aromatic N) is 3. The normalized spacial score (nSPS) is 15.4. The summed E-state index contributed by atoms with van der Waals surface area (Å²) in [7, 11) is 4.01. The number of hydrogen-bond donors (Lipinski definition) is 0. The van der Waals surface area contributed by atoms with Gasteiger partial charge in [0.15, 0.2) is 11.5 Å². The van der Waals surface area contributed by atoms with Gasteiger partial charge in [0.25, 0.3) is 5.56 Å². The van der Waals surface area contributed by atoms with Crippen molar-refractivity contribution in [2.24, 2.45) is 0 Å². The van der Waals surface area contributed by atoms with Gasteiger partial charge in [-0.3, -0.25) is 9.36 Å². The summed E-state index contributed by atoms with van der Waals surface area (Å²) in [5.74, 6) is 1.90. The molecule has 1 aliphatic heterocycles. The molecular weight excluding hydrogens is 446 g/mol. The minimum atomic E-state index is -0.0766. The van der Waals surface area contributed by atoms with Crippen molar-refractivity contribution >= 4 is 38.7 Å². The topological polar surface area (TPSA) is 56.6 Å². The number of aromatic nitrogens is 2. The molecule has 1 unspecified atom stereocenters. The van der Waals surface area contributed by atoms with Crippen LogP contribution in [0.1, 0.15) is 18.7 Å². The van der Waals surface area contributed by atoms with Crippen molar-refractivity contribution in [3.8, 4) is 17.2 Å². The third kappa shape index (κ3) is 5.41. The van der Waals surface area contributed by atoms with Crippen LogP contribution >= 0.6 is 22.9 Å². The zero-order valence-corrected chi connectivity index (χ0v) is 20.4. The lowest BCUT2D eigenvalue weighted by molar-refractivity contribution is 0.0710. The molecule has 1 aromatic carbocycles. The Morgan fingerprint density at radius 1 is 1.38 bits per heavy atom. The first-order valence-corrected chi connectivity index (χ1v) is 11.6. The Balaban J connectivity index is 0.000000668. The number of thiophene rings is 1. The molecule has 0 saturated carbocycles. The van der Waals surface area contributed by atoms with Gasteiger partial charge in [-0.1, -0.05) is 12.2 Å². The lowest BCUT2D eigenvalue weighted by atomic mass is 10.2. The maximum absolute atomic E-state index is 13.0. The van der Waals surface area contributed by atoms with Crippen molar-refractivity contribution in [1.29, 1.82) is 0 Å². The third-order valence-corrected chi connectivity index (χ3v) is 6.33. The van der Waals surface area contributed by atoms with Crippen molar-refractivity contribution in [1.82, 2.24) is 14.5 Å². The molecule has 0 amide bonds. The number of ether oxygens (including phenoxy) is 2. The summed E-state index contributed by atoms with van der Waals surface area (Å²) in [6.45, 7) is 8.64. The molecule has 0 bridgehead atoms. The molecule has 32 heavy (non-hydrogen) atoms. The third-order valence-electron chi connectivity index (χ3n) is 4.86. The Hall–Kier alpha value is -2.61. The highest BCUT2D eigenvalue weighted by atomic mass is 35.5. The number of alkyl halides is 1. The molecule has 0 aliphatic carbocycles. The Bertz CT molecular complexity index is 1180. The highest BCUT2D eigenvalue weighted by Gasteiger charge is 2.22. The van der Waals surface area contributed by atoms with E-state index in [0.717, 1.165) is 22.5 Å². The number of benzene rings is 1. The molecule has 3 aromatic rings. The lowest BCUT2D eigenvalue weighted by Crippen LogP contribution is -2.38. The van der Waals surface area contributed by atoms with Gasteiger partial charge >= 0.3 is 0 Å². The zero-order valence-electron chi connectivity index (χ0n) is 18.8. The van der Waals surface area contributed by atoms with Crippen LogP contribution < -0.4 is 15.0 Å². The van der Waals surface area contributed by atoms with Gasteiger partial charge in [-0.25, -0.2) is 4.98 Å². The molecule has 170 valence electrons. The van der Waals surface area contributed by atoms with Crippen LogP contribution in [0.15, 0.2) is 54.1 Å². The second kappa shape index (κ2) is 10.8. The SMILES string of the molecule is C/C=C(\C)c1cc2ncn(-c3ccc4c(c3)OCC(CN(C)C)O4)c(=O)c2s1.C=CCCl. The van der Waals surface area contributed by atoms with E-state index in [2.05, 4.69) is 16.5 Å². The molecule has 0 fully saturated rings. The van der Waals surface area contributed by atoms with E-state index in [0.29, 0.717) is 34.4 Å². The van der Waals surface area contributed by atoms with E-state index in [1.165, 1.54) is 11.3 Å². The monoisotopic (exact) mass is 473 g/mol. The van der Waals surface area contributed by atoms with E-state index in [-0.39, 0.29) is 11.7 Å². The quantitative estimate of drug-likeness (QED) is 0.386. The van der Waals surface area contributed by atoms with Gasteiger partial charge in [0.2, 0.25) is 0 Å². The molecule has 4 rings (SSSR count). The first-order valence-electron chi connectivity index (χ1n) is 10.3. The van der Waals surface area contributed by atoms with E-state index in [9.17, 15) is 4.79 Å². The molecule has 3 heterocycles. The predicted molar refractivity (Wildman–Crippen MR) is 134 cm³/mol. The van der Waals surface area contributed by atoms with E-state index < -0.39 is 0 Å². The van der Waals surface area contributed by atoms with Gasteiger partial charge in [-0.2, -0.15) is 0 Å². The van der Waals surface area contributed by atoms with Gasteiger partial charge in [0.1, 0.15) is 23.7 Å². The summed E-state index contributed by atoms with van der Waals surface area (Å²) in [4.78, 5) is 20.6. The van der Waals surface area contributed by atoms with Gasteiger partial charge in [-0.15, -0.1) is 29.5 Å². The minimum Gasteiger partial charge on any atom is -0.486 e. The van der Waals surface area contributed by atoms with Crippen molar-refractivity contribution < 1.29 is 9.47 Å². The summed E-state index contributed by atoms with van der Waals surface area (Å²) < 4.78 is 14.1. The average Bonchev–Trinajstić information content (AvgIpc) is 3.24. The maximum Gasteiger partial charge on any atom is 0.275 e. The highest BCUT2D eigenvalue weighted by Crippen LogP contribution is 2.34. The number of hydrogen-bond acceptors (Lipinski definition) is 6.